The van der Waals surface area contributed by atoms with Crippen LogP contribution in [0.2, 0.25) is 0 Å². The molecule has 1 N–H and O–H groups in total. The number of ether oxygens (including phenoxy) is 1. The molecule has 7 heteroatoms. The summed E-state index contributed by atoms with van der Waals surface area (Å²) in [6, 6.07) is 13.8. The Morgan fingerprint density at radius 3 is 2.56 bits per heavy atom. The molecule has 3 aromatic rings. The van der Waals surface area contributed by atoms with Crippen LogP contribution >= 0.6 is 0 Å². The average molecular weight is 461 g/mol. The number of halogens is 1. The van der Waals surface area contributed by atoms with Crippen LogP contribution in [0.4, 0.5) is 4.39 Å². The van der Waals surface area contributed by atoms with Crippen molar-refractivity contribution in [3.63, 3.8) is 0 Å². The van der Waals surface area contributed by atoms with Gasteiger partial charge in [0.25, 0.3) is 11.7 Å². The molecule has 1 aliphatic rings. The summed E-state index contributed by atoms with van der Waals surface area (Å²) in [5, 5.41) is 11.2. The van der Waals surface area contributed by atoms with Crippen molar-refractivity contribution in [3.8, 4) is 5.75 Å². The molecule has 1 aromatic heterocycles. The molecule has 1 fully saturated rings. The van der Waals surface area contributed by atoms with Crippen molar-refractivity contribution in [3.05, 3.63) is 101 Å². The molecule has 1 aliphatic heterocycles. The first-order chi connectivity index (χ1) is 16.4. The maximum atomic E-state index is 13.3. The number of rotatable bonds is 7. The Morgan fingerprint density at radius 2 is 1.91 bits per heavy atom. The van der Waals surface area contributed by atoms with E-state index in [2.05, 4.69) is 4.98 Å². The molecule has 0 spiro atoms. The molecule has 1 unspecified atom stereocenters. The Morgan fingerprint density at radius 1 is 1.15 bits per heavy atom. The van der Waals surface area contributed by atoms with E-state index in [0.29, 0.717) is 29.9 Å². The molecule has 0 bridgehead atoms. The van der Waals surface area contributed by atoms with Gasteiger partial charge in [-0.2, -0.15) is 0 Å². The summed E-state index contributed by atoms with van der Waals surface area (Å²) in [6.45, 7) is 4.46. The second kappa shape index (κ2) is 9.87. The minimum atomic E-state index is -0.791. The van der Waals surface area contributed by atoms with E-state index in [1.54, 1.807) is 54.9 Å². The first kappa shape index (κ1) is 23.2. The first-order valence-electron chi connectivity index (χ1n) is 11.1. The second-order valence-corrected chi connectivity index (χ2v) is 8.07. The number of hydrogen-bond acceptors (Lipinski definition) is 5. The van der Waals surface area contributed by atoms with E-state index in [-0.39, 0.29) is 23.7 Å². The number of benzene rings is 2. The van der Waals surface area contributed by atoms with Crippen molar-refractivity contribution in [2.24, 2.45) is 0 Å². The van der Waals surface area contributed by atoms with Crippen LogP contribution in [0.1, 0.15) is 35.2 Å². The van der Waals surface area contributed by atoms with Crippen LogP contribution in [-0.2, 0) is 16.0 Å². The van der Waals surface area contributed by atoms with Crippen molar-refractivity contribution < 1.29 is 23.8 Å². The van der Waals surface area contributed by atoms with Gasteiger partial charge in [0.2, 0.25) is 0 Å². The zero-order valence-electron chi connectivity index (χ0n) is 19.0. The third-order valence-electron chi connectivity index (χ3n) is 5.84. The summed E-state index contributed by atoms with van der Waals surface area (Å²) >= 11 is 0. The maximum absolute atomic E-state index is 13.3. The molecule has 0 saturated carbocycles. The number of amides is 1. The molecule has 2 heterocycles. The lowest BCUT2D eigenvalue weighted by Crippen LogP contribution is -2.31. The average Bonchev–Trinajstić information content (AvgIpc) is 3.10. The van der Waals surface area contributed by atoms with Crippen LogP contribution in [0.25, 0.3) is 5.76 Å². The number of Topliss-reactive ketones (excluding diaryl/α,β-unsaturated/α-hetero) is 1. The smallest absolute Gasteiger partial charge is 0.295 e. The van der Waals surface area contributed by atoms with Gasteiger partial charge in [-0.15, -0.1) is 0 Å². The van der Waals surface area contributed by atoms with E-state index >= 15 is 0 Å². The standard InChI is InChI=1S/C27H25FN2O4/c1-3-34-22-11-8-19(15-17(22)2)25(31)23-24(20-5-4-13-29-16-20)30(27(33)26(23)32)14-12-18-6-9-21(28)10-7-18/h4-11,13,15-16,24,31H,3,12,14H2,1-2H3/b25-23-. The predicted molar refractivity (Wildman–Crippen MR) is 126 cm³/mol. The number of likely N-dealkylation sites (tertiary alicyclic amines) is 1. The van der Waals surface area contributed by atoms with E-state index in [9.17, 15) is 19.1 Å². The van der Waals surface area contributed by atoms with Gasteiger partial charge in [0, 0.05) is 24.5 Å². The number of ketones is 1. The molecule has 0 radical (unpaired) electrons. The van der Waals surface area contributed by atoms with Crippen LogP contribution in [0.15, 0.2) is 72.6 Å². The van der Waals surface area contributed by atoms with Gasteiger partial charge in [0.05, 0.1) is 18.2 Å². The number of aryl methyl sites for hydroxylation is 1. The van der Waals surface area contributed by atoms with Gasteiger partial charge in [0.1, 0.15) is 17.3 Å². The highest BCUT2D eigenvalue weighted by Gasteiger charge is 2.46. The zero-order valence-corrected chi connectivity index (χ0v) is 19.0. The molecular weight excluding hydrogens is 435 g/mol. The quantitative estimate of drug-likeness (QED) is 0.317. The predicted octanol–water partition coefficient (Wildman–Crippen LogP) is 4.59. The number of aliphatic hydroxyl groups is 1. The summed E-state index contributed by atoms with van der Waals surface area (Å²) in [5.74, 6) is -1.35. The first-order valence-corrected chi connectivity index (χ1v) is 11.1. The van der Waals surface area contributed by atoms with E-state index < -0.39 is 17.7 Å². The van der Waals surface area contributed by atoms with Gasteiger partial charge in [0.15, 0.2) is 0 Å². The fourth-order valence-corrected chi connectivity index (χ4v) is 4.17. The lowest BCUT2D eigenvalue weighted by molar-refractivity contribution is -0.139. The normalized spacial score (nSPS) is 17.3. The van der Waals surface area contributed by atoms with Gasteiger partial charge in [-0.1, -0.05) is 18.2 Å². The van der Waals surface area contributed by atoms with Crippen LogP contribution in [-0.4, -0.2) is 39.8 Å². The van der Waals surface area contributed by atoms with Gasteiger partial charge >= 0.3 is 0 Å². The van der Waals surface area contributed by atoms with Crippen molar-refractivity contribution >= 4 is 17.4 Å². The number of hydrogen-bond donors (Lipinski definition) is 1. The summed E-state index contributed by atoms with van der Waals surface area (Å²) in [6.07, 6.45) is 3.61. The Kier molecular flexibility index (Phi) is 6.72. The Balaban J connectivity index is 1.74. The minimum absolute atomic E-state index is 0.0145. The maximum Gasteiger partial charge on any atom is 0.295 e. The number of pyridine rings is 1. The van der Waals surface area contributed by atoms with Gasteiger partial charge in [-0.3, -0.25) is 14.6 Å². The lowest BCUT2D eigenvalue weighted by atomic mass is 9.95. The van der Waals surface area contributed by atoms with Crippen LogP contribution in [0.3, 0.4) is 0 Å². The third-order valence-corrected chi connectivity index (χ3v) is 5.84. The molecule has 34 heavy (non-hydrogen) atoms. The molecule has 0 aliphatic carbocycles. The summed E-state index contributed by atoms with van der Waals surface area (Å²) in [5.41, 5.74) is 2.68. The molecular formula is C27H25FN2O4. The van der Waals surface area contributed by atoms with Crippen molar-refractivity contribution in [2.75, 3.05) is 13.2 Å². The van der Waals surface area contributed by atoms with E-state index in [1.165, 1.54) is 17.0 Å². The number of aliphatic hydroxyl groups excluding tert-OH is 1. The van der Waals surface area contributed by atoms with Crippen LogP contribution in [0, 0.1) is 12.7 Å². The topological polar surface area (TPSA) is 79.7 Å². The number of nitrogens with zero attached hydrogens (tertiary/aromatic N) is 2. The molecule has 1 saturated heterocycles. The van der Waals surface area contributed by atoms with Crippen molar-refractivity contribution in [2.45, 2.75) is 26.3 Å². The molecule has 174 valence electrons. The SMILES string of the molecule is CCOc1ccc(/C(O)=C2/C(=O)C(=O)N(CCc3ccc(F)cc3)C2c2cccnc2)cc1C. The minimum Gasteiger partial charge on any atom is -0.507 e. The third kappa shape index (κ3) is 4.55. The Bertz CT molecular complexity index is 1240. The number of carbonyl (C=O) groups is 2. The van der Waals surface area contributed by atoms with Gasteiger partial charge in [-0.05, 0) is 73.4 Å². The van der Waals surface area contributed by atoms with Crippen molar-refractivity contribution in [1.29, 1.82) is 0 Å². The fourth-order valence-electron chi connectivity index (χ4n) is 4.17. The Hall–Kier alpha value is -4.00. The Labute approximate surface area is 197 Å². The number of aromatic nitrogens is 1. The van der Waals surface area contributed by atoms with E-state index in [4.69, 9.17) is 4.74 Å². The highest BCUT2D eigenvalue weighted by molar-refractivity contribution is 6.46. The molecule has 2 aromatic carbocycles. The highest BCUT2D eigenvalue weighted by atomic mass is 19.1. The lowest BCUT2D eigenvalue weighted by Gasteiger charge is -2.25. The fraction of sp³-hybridized carbons (Fsp3) is 0.222. The molecule has 1 atom stereocenters. The second-order valence-electron chi connectivity index (χ2n) is 8.07. The molecule has 1 amide bonds. The highest BCUT2D eigenvalue weighted by Crippen LogP contribution is 2.39. The molecule has 6 nitrogen and oxygen atoms in total. The van der Waals surface area contributed by atoms with Gasteiger partial charge in [-0.25, -0.2) is 4.39 Å². The summed E-state index contributed by atoms with van der Waals surface area (Å²) < 4.78 is 18.8. The molecule has 4 rings (SSSR count). The van der Waals surface area contributed by atoms with Crippen molar-refractivity contribution in [1.82, 2.24) is 9.88 Å². The zero-order chi connectivity index (χ0) is 24.2. The summed E-state index contributed by atoms with van der Waals surface area (Å²) in [7, 11) is 0. The van der Waals surface area contributed by atoms with E-state index in [1.807, 2.05) is 13.8 Å². The van der Waals surface area contributed by atoms with E-state index in [0.717, 1.165) is 11.1 Å². The largest absolute Gasteiger partial charge is 0.507 e. The van der Waals surface area contributed by atoms with Crippen LogP contribution in [0.5, 0.6) is 5.75 Å². The number of carbonyl (C=O) groups excluding carboxylic acids is 2. The van der Waals surface area contributed by atoms with Crippen LogP contribution < -0.4 is 4.74 Å². The monoisotopic (exact) mass is 460 g/mol. The summed E-state index contributed by atoms with van der Waals surface area (Å²) in [4.78, 5) is 31.8. The van der Waals surface area contributed by atoms with Gasteiger partial charge < -0.3 is 14.7 Å².